The fourth-order valence-electron chi connectivity index (χ4n) is 3.73. The number of piperidine rings is 1. The summed E-state index contributed by atoms with van der Waals surface area (Å²) < 4.78 is 19.5. The van der Waals surface area contributed by atoms with Crippen LogP contribution in [0.4, 0.5) is 14.9 Å². The van der Waals surface area contributed by atoms with Crippen LogP contribution in [0.5, 0.6) is 0 Å². The Morgan fingerprint density at radius 1 is 1.10 bits per heavy atom. The van der Waals surface area contributed by atoms with Gasteiger partial charge in [0.05, 0.1) is 0 Å². The Morgan fingerprint density at radius 2 is 1.87 bits per heavy atom. The summed E-state index contributed by atoms with van der Waals surface area (Å²) >= 11 is 1.66. The first kappa shape index (κ1) is 20.5. The van der Waals surface area contributed by atoms with Crippen molar-refractivity contribution < 1.29 is 18.7 Å². The Kier molecular flexibility index (Phi) is 6.40. The Balaban J connectivity index is 1.18. The number of thiophene rings is 1. The first-order chi connectivity index (χ1) is 14.6. The predicted molar refractivity (Wildman–Crippen MR) is 117 cm³/mol. The zero-order chi connectivity index (χ0) is 20.9. The number of rotatable bonds is 6. The normalized spacial score (nSPS) is 15.2. The summed E-state index contributed by atoms with van der Waals surface area (Å²) in [6, 6.07) is 13.5. The molecular formula is C23H23FN2O3S. The van der Waals surface area contributed by atoms with E-state index in [1.54, 1.807) is 23.5 Å². The van der Waals surface area contributed by atoms with Crippen LogP contribution in [0.25, 0.3) is 10.1 Å². The van der Waals surface area contributed by atoms with Crippen molar-refractivity contribution in [3.8, 4) is 0 Å². The van der Waals surface area contributed by atoms with Crippen molar-refractivity contribution >= 4 is 39.0 Å². The molecule has 0 unspecified atom stereocenters. The molecule has 1 aliphatic heterocycles. The maximum absolute atomic E-state index is 13.0. The number of hydrogen-bond donors (Lipinski definition) is 1. The number of ether oxygens (including phenoxy) is 1. The van der Waals surface area contributed by atoms with Crippen LogP contribution in [0.15, 0.2) is 53.9 Å². The van der Waals surface area contributed by atoms with E-state index in [0.29, 0.717) is 24.4 Å². The SMILES string of the molecule is O=C(Nc1ccc2sccc2c1)OCCN1CCC(C(=O)c2ccc(F)cc2)CC1. The maximum atomic E-state index is 13.0. The van der Waals surface area contributed by atoms with Gasteiger partial charge >= 0.3 is 6.09 Å². The van der Waals surface area contributed by atoms with Gasteiger partial charge < -0.3 is 4.74 Å². The minimum Gasteiger partial charge on any atom is -0.448 e. The number of nitrogens with zero attached hydrogens (tertiary/aromatic N) is 1. The lowest BCUT2D eigenvalue weighted by Gasteiger charge is -2.31. The van der Waals surface area contributed by atoms with Gasteiger partial charge in [0.2, 0.25) is 0 Å². The molecule has 1 saturated heterocycles. The third-order valence-corrected chi connectivity index (χ3v) is 6.32. The lowest BCUT2D eigenvalue weighted by Crippen LogP contribution is -2.38. The highest BCUT2D eigenvalue weighted by Gasteiger charge is 2.25. The number of carbonyl (C=O) groups is 2. The Morgan fingerprint density at radius 3 is 2.63 bits per heavy atom. The molecule has 3 aromatic rings. The van der Waals surface area contributed by atoms with Crippen molar-refractivity contribution in [2.45, 2.75) is 12.8 Å². The van der Waals surface area contributed by atoms with Crippen LogP contribution in [0, 0.1) is 11.7 Å². The molecule has 2 heterocycles. The summed E-state index contributed by atoms with van der Waals surface area (Å²) in [6.45, 7) is 2.48. The fraction of sp³-hybridized carbons (Fsp3) is 0.304. The molecule has 0 saturated carbocycles. The van der Waals surface area contributed by atoms with Crippen LogP contribution < -0.4 is 5.32 Å². The van der Waals surface area contributed by atoms with Gasteiger partial charge in [-0.2, -0.15) is 0 Å². The minimum atomic E-state index is -0.467. The van der Waals surface area contributed by atoms with Gasteiger partial charge in [0.1, 0.15) is 12.4 Å². The highest BCUT2D eigenvalue weighted by molar-refractivity contribution is 7.17. The predicted octanol–water partition coefficient (Wildman–Crippen LogP) is 5.18. The van der Waals surface area contributed by atoms with Gasteiger partial charge in [0.25, 0.3) is 0 Å². The largest absolute Gasteiger partial charge is 0.448 e. The van der Waals surface area contributed by atoms with E-state index in [1.807, 2.05) is 29.6 Å². The number of amides is 1. The van der Waals surface area contributed by atoms with E-state index >= 15 is 0 Å². The average Bonchev–Trinajstić information content (AvgIpc) is 3.22. The first-order valence-corrected chi connectivity index (χ1v) is 10.9. The molecule has 1 fully saturated rings. The molecule has 0 radical (unpaired) electrons. The number of fused-ring (bicyclic) bond motifs is 1. The second-order valence-electron chi connectivity index (χ2n) is 7.42. The average molecular weight is 427 g/mol. The van der Waals surface area contributed by atoms with E-state index in [2.05, 4.69) is 10.2 Å². The lowest BCUT2D eigenvalue weighted by atomic mass is 9.89. The summed E-state index contributed by atoms with van der Waals surface area (Å²) in [4.78, 5) is 26.8. The molecule has 0 aliphatic carbocycles. The highest BCUT2D eigenvalue weighted by Crippen LogP contribution is 2.24. The molecular weight excluding hydrogens is 403 g/mol. The minimum absolute atomic E-state index is 0.0389. The molecule has 0 spiro atoms. The molecule has 5 nitrogen and oxygen atoms in total. The van der Waals surface area contributed by atoms with Gasteiger partial charge in [-0.25, -0.2) is 9.18 Å². The highest BCUT2D eigenvalue weighted by atomic mass is 32.1. The summed E-state index contributed by atoms with van der Waals surface area (Å²) in [7, 11) is 0. The van der Waals surface area contributed by atoms with Crippen LogP contribution in [0.1, 0.15) is 23.2 Å². The van der Waals surface area contributed by atoms with Crippen molar-refractivity contribution in [2.24, 2.45) is 5.92 Å². The molecule has 0 bridgehead atoms. The second-order valence-corrected chi connectivity index (χ2v) is 8.37. The van der Waals surface area contributed by atoms with Crippen molar-refractivity contribution in [1.29, 1.82) is 0 Å². The number of nitrogens with one attached hydrogen (secondary N) is 1. The number of likely N-dealkylation sites (tertiary alicyclic amines) is 1. The standard InChI is InChI=1S/C23H23FN2O3S/c24-19-3-1-16(2-4-19)22(27)17-7-10-26(11-8-17)12-13-29-23(28)25-20-5-6-21-18(15-20)9-14-30-21/h1-6,9,14-15,17H,7-8,10-13H2,(H,25,28). The van der Waals surface area contributed by atoms with Gasteiger partial charge in [-0.05, 0) is 85.2 Å². The van der Waals surface area contributed by atoms with Gasteiger partial charge in [-0.3, -0.25) is 15.0 Å². The molecule has 1 N–H and O–H groups in total. The molecule has 1 amide bonds. The van der Waals surface area contributed by atoms with Crippen LogP contribution in [-0.2, 0) is 4.74 Å². The van der Waals surface area contributed by atoms with Gasteiger partial charge in [-0.1, -0.05) is 0 Å². The molecule has 4 rings (SSSR count). The van der Waals surface area contributed by atoms with Crippen molar-refractivity contribution in [3.63, 3.8) is 0 Å². The first-order valence-electron chi connectivity index (χ1n) is 10.0. The van der Waals surface area contributed by atoms with E-state index in [4.69, 9.17) is 4.74 Å². The van der Waals surface area contributed by atoms with Crippen LogP contribution in [0.3, 0.4) is 0 Å². The molecule has 7 heteroatoms. The summed E-state index contributed by atoms with van der Waals surface area (Å²) in [6.07, 6.45) is 1.04. The zero-order valence-electron chi connectivity index (χ0n) is 16.5. The smallest absolute Gasteiger partial charge is 0.411 e. The Hall–Kier alpha value is -2.77. The number of hydrogen-bond acceptors (Lipinski definition) is 5. The van der Waals surface area contributed by atoms with Gasteiger partial charge in [-0.15, -0.1) is 11.3 Å². The fourth-order valence-corrected chi connectivity index (χ4v) is 4.51. The number of benzene rings is 2. The monoisotopic (exact) mass is 426 g/mol. The molecule has 30 heavy (non-hydrogen) atoms. The van der Waals surface area contributed by atoms with E-state index in [-0.39, 0.29) is 17.5 Å². The van der Waals surface area contributed by atoms with E-state index < -0.39 is 6.09 Å². The third kappa shape index (κ3) is 5.04. The summed E-state index contributed by atoms with van der Waals surface area (Å²) in [5.74, 6) is -0.298. The van der Waals surface area contributed by atoms with Gasteiger partial charge in [0.15, 0.2) is 5.78 Å². The molecule has 1 aromatic heterocycles. The topological polar surface area (TPSA) is 58.6 Å². The molecule has 156 valence electrons. The number of anilines is 1. The molecule has 0 atom stereocenters. The van der Waals surface area contributed by atoms with Crippen molar-refractivity contribution in [2.75, 3.05) is 31.6 Å². The number of halogens is 1. The number of carbonyl (C=O) groups excluding carboxylic acids is 2. The van der Waals surface area contributed by atoms with Crippen LogP contribution in [-0.4, -0.2) is 43.0 Å². The summed E-state index contributed by atoms with van der Waals surface area (Å²) in [5.41, 5.74) is 1.28. The van der Waals surface area contributed by atoms with Crippen LogP contribution in [0.2, 0.25) is 0 Å². The number of ketones is 1. The Bertz CT molecular complexity index is 1030. The Labute approximate surface area is 178 Å². The molecule has 2 aromatic carbocycles. The van der Waals surface area contributed by atoms with Crippen molar-refractivity contribution in [3.05, 3.63) is 65.3 Å². The third-order valence-electron chi connectivity index (χ3n) is 5.43. The number of Topliss-reactive ketones (excluding diaryl/α,β-unsaturated/α-hetero) is 1. The maximum Gasteiger partial charge on any atom is 0.411 e. The van der Waals surface area contributed by atoms with Crippen molar-refractivity contribution in [1.82, 2.24) is 4.90 Å². The summed E-state index contributed by atoms with van der Waals surface area (Å²) in [5, 5.41) is 5.87. The van der Waals surface area contributed by atoms with E-state index in [0.717, 1.165) is 31.3 Å². The quantitative estimate of drug-likeness (QED) is 0.552. The van der Waals surface area contributed by atoms with E-state index in [9.17, 15) is 14.0 Å². The van der Waals surface area contributed by atoms with Crippen LogP contribution >= 0.6 is 11.3 Å². The van der Waals surface area contributed by atoms with E-state index in [1.165, 1.54) is 16.8 Å². The van der Waals surface area contributed by atoms with Gasteiger partial charge in [0, 0.05) is 28.4 Å². The zero-order valence-corrected chi connectivity index (χ0v) is 17.3. The molecule has 1 aliphatic rings. The second kappa shape index (κ2) is 9.36. The lowest BCUT2D eigenvalue weighted by molar-refractivity contribution is 0.0813.